The van der Waals surface area contributed by atoms with Gasteiger partial charge in [0.05, 0.1) is 11.6 Å². The summed E-state index contributed by atoms with van der Waals surface area (Å²) in [6.45, 7) is 9.96. The number of rotatable bonds is 6. The van der Waals surface area contributed by atoms with Crippen molar-refractivity contribution in [1.29, 1.82) is 0 Å². The van der Waals surface area contributed by atoms with E-state index < -0.39 is 0 Å². The van der Waals surface area contributed by atoms with E-state index in [0.29, 0.717) is 6.54 Å². The topological polar surface area (TPSA) is 38.5 Å². The molecule has 0 heterocycles. The van der Waals surface area contributed by atoms with Crippen molar-refractivity contribution in [1.82, 2.24) is 0 Å². The quantitative estimate of drug-likeness (QED) is 0.843. The average Bonchev–Trinajstić information content (AvgIpc) is 2.38. The number of benzene rings is 1. The molecule has 0 aliphatic rings. The lowest BCUT2D eigenvalue weighted by molar-refractivity contribution is 0.0561. The molecule has 0 fully saturated rings. The first-order valence-electron chi connectivity index (χ1n) is 6.56. The fourth-order valence-electron chi connectivity index (χ4n) is 2.38. The number of aryl methyl sites for hydroxylation is 1. The van der Waals surface area contributed by atoms with Gasteiger partial charge < -0.3 is 15.4 Å². The van der Waals surface area contributed by atoms with Crippen molar-refractivity contribution >= 4 is 5.69 Å². The molecule has 2 atom stereocenters. The summed E-state index contributed by atoms with van der Waals surface area (Å²) in [5, 5.41) is 0. The van der Waals surface area contributed by atoms with Crippen molar-refractivity contribution in [2.75, 3.05) is 25.1 Å². The molecule has 18 heavy (non-hydrogen) atoms. The maximum atomic E-state index is 6.01. The second-order valence-corrected chi connectivity index (χ2v) is 5.02. The van der Waals surface area contributed by atoms with Crippen LogP contribution in [0.1, 0.15) is 26.3 Å². The van der Waals surface area contributed by atoms with Crippen LogP contribution in [-0.2, 0) is 4.74 Å². The van der Waals surface area contributed by atoms with Crippen LogP contribution >= 0.6 is 0 Å². The minimum atomic E-state index is -0.197. The van der Waals surface area contributed by atoms with Crippen LogP contribution in [0.5, 0.6) is 0 Å². The number of anilines is 1. The van der Waals surface area contributed by atoms with E-state index in [9.17, 15) is 0 Å². The lowest BCUT2D eigenvalue weighted by atomic mass is 9.92. The second-order valence-electron chi connectivity index (χ2n) is 5.02. The molecule has 1 aromatic rings. The van der Waals surface area contributed by atoms with Gasteiger partial charge in [0.15, 0.2) is 0 Å². The zero-order chi connectivity index (χ0) is 13.8. The number of likely N-dealkylation sites (N-methyl/N-ethyl adjacent to an activating group) is 1. The van der Waals surface area contributed by atoms with Gasteiger partial charge in [-0.1, -0.05) is 12.1 Å². The highest BCUT2D eigenvalue weighted by Gasteiger charge is 2.36. The third-order valence-electron chi connectivity index (χ3n) is 3.89. The molecule has 0 aliphatic heterocycles. The molecule has 0 radical (unpaired) electrons. The molecule has 3 heteroatoms. The highest BCUT2D eigenvalue weighted by Crippen LogP contribution is 2.28. The third-order valence-corrected chi connectivity index (χ3v) is 3.89. The third kappa shape index (κ3) is 2.85. The van der Waals surface area contributed by atoms with Crippen LogP contribution in [0.4, 0.5) is 5.69 Å². The standard InChI is InChI=1S/C15H26N2O/c1-6-17(14-9-7-8-12(2)10-14)15(4,11-16)13(3)18-5/h7-10,13H,6,11,16H2,1-5H3. The van der Waals surface area contributed by atoms with E-state index in [4.69, 9.17) is 10.5 Å². The maximum absolute atomic E-state index is 6.01. The van der Waals surface area contributed by atoms with Crippen LogP contribution in [0.15, 0.2) is 24.3 Å². The molecule has 0 saturated heterocycles. The van der Waals surface area contributed by atoms with E-state index in [1.165, 1.54) is 11.3 Å². The van der Waals surface area contributed by atoms with Gasteiger partial charge in [0, 0.05) is 25.9 Å². The van der Waals surface area contributed by atoms with Gasteiger partial charge in [-0.2, -0.15) is 0 Å². The van der Waals surface area contributed by atoms with Crippen molar-refractivity contribution in [2.24, 2.45) is 5.73 Å². The first-order chi connectivity index (χ1) is 8.49. The normalized spacial score (nSPS) is 16.1. The van der Waals surface area contributed by atoms with Crippen LogP contribution in [0.25, 0.3) is 0 Å². The largest absolute Gasteiger partial charge is 0.379 e. The summed E-state index contributed by atoms with van der Waals surface area (Å²) in [6.07, 6.45) is 0.0722. The van der Waals surface area contributed by atoms with Crippen LogP contribution in [0.3, 0.4) is 0 Å². The molecule has 1 rings (SSSR count). The van der Waals surface area contributed by atoms with Crippen molar-refractivity contribution in [3.8, 4) is 0 Å². The highest BCUT2D eigenvalue weighted by molar-refractivity contribution is 5.51. The molecule has 0 bridgehead atoms. The molecule has 0 aliphatic carbocycles. The fourth-order valence-corrected chi connectivity index (χ4v) is 2.38. The maximum Gasteiger partial charge on any atom is 0.0784 e. The summed E-state index contributed by atoms with van der Waals surface area (Å²) >= 11 is 0. The van der Waals surface area contributed by atoms with Gasteiger partial charge >= 0.3 is 0 Å². The minimum absolute atomic E-state index is 0.0722. The lowest BCUT2D eigenvalue weighted by Gasteiger charge is -2.45. The van der Waals surface area contributed by atoms with Crippen molar-refractivity contribution < 1.29 is 4.74 Å². The zero-order valence-corrected chi connectivity index (χ0v) is 12.2. The summed E-state index contributed by atoms with van der Waals surface area (Å²) in [5.41, 5.74) is 8.28. The Balaban J connectivity index is 3.15. The summed E-state index contributed by atoms with van der Waals surface area (Å²) in [4.78, 5) is 2.33. The van der Waals surface area contributed by atoms with Gasteiger partial charge in [-0.25, -0.2) is 0 Å². The Morgan fingerprint density at radius 3 is 2.56 bits per heavy atom. The van der Waals surface area contributed by atoms with Gasteiger partial charge in [0.2, 0.25) is 0 Å². The minimum Gasteiger partial charge on any atom is -0.379 e. The second kappa shape index (κ2) is 6.21. The Morgan fingerprint density at radius 1 is 1.44 bits per heavy atom. The predicted octanol–water partition coefficient (Wildman–Crippen LogP) is 2.57. The van der Waals surface area contributed by atoms with Crippen molar-refractivity contribution in [2.45, 2.75) is 39.3 Å². The molecule has 0 aromatic heterocycles. The number of hydrogen-bond donors (Lipinski definition) is 1. The van der Waals surface area contributed by atoms with E-state index in [2.05, 4.69) is 56.9 Å². The van der Waals surface area contributed by atoms with Crippen LogP contribution in [0, 0.1) is 6.92 Å². The fraction of sp³-hybridized carbons (Fsp3) is 0.600. The molecular formula is C15H26N2O. The van der Waals surface area contributed by atoms with Crippen molar-refractivity contribution in [3.05, 3.63) is 29.8 Å². The number of hydrogen-bond acceptors (Lipinski definition) is 3. The Kier molecular flexibility index (Phi) is 5.17. The highest BCUT2D eigenvalue weighted by atomic mass is 16.5. The summed E-state index contributed by atoms with van der Waals surface area (Å²) in [6, 6.07) is 8.52. The van der Waals surface area contributed by atoms with E-state index in [-0.39, 0.29) is 11.6 Å². The van der Waals surface area contributed by atoms with E-state index in [1.807, 2.05) is 0 Å². The van der Waals surface area contributed by atoms with Gasteiger partial charge in [0.1, 0.15) is 0 Å². The molecule has 102 valence electrons. The molecular weight excluding hydrogens is 224 g/mol. The molecule has 1 aromatic carbocycles. The van der Waals surface area contributed by atoms with Gasteiger partial charge in [-0.05, 0) is 45.4 Å². The number of nitrogens with zero attached hydrogens (tertiary/aromatic N) is 1. The van der Waals surface area contributed by atoms with E-state index in [0.717, 1.165) is 6.54 Å². The smallest absolute Gasteiger partial charge is 0.0784 e. The summed E-state index contributed by atoms with van der Waals surface area (Å²) < 4.78 is 5.52. The molecule has 2 N–H and O–H groups in total. The summed E-state index contributed by atoms with van der Waals surface area (Å²) in [5.74, 6) is 0. The Morgan fingerprint density at radius 2 is 2.11 bits per heavy atom. The number of ether oxygens (including phenoxy) is 1. The monoisotopic (exact) mass is 250 g/mol. The van der Waals surface area contributed by atoms with E-state index in [1.54, 1.807) is 7.11 Å². The summed E-state index contributed by atoms with van der Waals surface area (Å²) in [7, 11) is 1.74. The molecule has 0 spiro atoms. The average molecular weight is 250 g/mol. The molecule has 3 nitrogen and oxygen atoms in total. The number of methoxy groups -OCH3 is 1. The Hall–Kier alpha value is -1.06. The van der Waals surface area contributed by atoms with Gasteiger partial charge in [0.25, 0.3) is 0 Å². The molecule has 2 unspecified atom stereocenters. The van der Waals surface area contributed by atoms with Crippen LogP contribution < -0.4 is 10.6 Å². The van der Waals surface area contributed by atoms with Crippen LogP contribution in [0.2, 0.25) is 0 Å². The predicted molar refractivity (Wildman–Crippen MR) is 78.1 cm³/mol. The lowest BCUT2D eigenvalue weighted by Crippen LogP contribution is -2.59. The van der Waals surface area contributed by atoms with Gasteiger partial charge in [-0.15, -0.1) is 0 Å². The van der Waals surface area contributed by atoms with E-state index >= 15 is 0 Å². The molecule has 0 amide bonds. The van der Waals surface area contributed by atoms with Crippen LogP contribution in [-0.4, -0.2) is 31.8 Å². The Bertz CT molecular complexity index is 381. The van der Waals surface area contributed by atoms with Crippen molar-refractivity contribution in [3.63, 3.8) is 0 Å². The number of nitrogens with two attached hydrogens (primary N) is 1. The molecule has 0 saturated carbocycles. The Labute approximate surface area is 111 Å². The first kappa shape index (κ1) is 15.0. The first-order valence-corrected chi connectivity index (χ1v) is 6.56. The zero-order valence-electron chi connectivity index (χ0n) is 12.2. The van der Waals surface area contributed by atoms with Gasteiger partial charge in [-0.3, -0.25) is 0 Å². The SMILES string of the molecule is CCN(c1cccc(C)c1)C(C)(CN)C(C)OC.